The van der Waals surface area contributed by atoms with E-state index in [0.29, 0.717) is 13.1 Å². The average Bonchev–Trinajstić information content (AvgIpc) is 2.89. The third-order valence-electron chi connectivity index (χ3n) is 5.03. The van der Waals surface area contributed by atoms with Crippen molar-refractivity contribution in [2.45, 2.75) is 24.8 Å². The number of benzene rings is 1. The molecule has 0 radical (unpaired) electrons. The number of carbonyl (C=O) groups is 4. The molecule has 3 aliphatic rings. The van der Waals surface area contributed by atoms with Crippen LogP contribution >= 0.6 is 0 Å². The van der Waals surface area contributed by atoms with Crippen molar-refractivity contribution in [1.82, 2.24) is 21.3 Å². The predicted octanol–water partition coefficient (Wildman–Crippen LogP) is -0.537. The maximum absolute atomic E-state index is 15.0. The van der Waals surface area contributed by atoms with Gasteiger partial charge in [-0.15, -0.1) is 0 Å². The van der Waals surface area contributed by atoms with E-state index in [1.165, 1.54) is 0 Å². The molecule has 1 aromatic carbocycles. The minimum Gasteiger partial charge on any atom is -0.314 e. The summed E-state index contributed by atoms with van der Waals surface area (Å²) in [5.41, 5.74) is 0.373. The fourth-order valence-electron chi connectivity index (χ4n) is 3.88. The molecule has 0 bridgehead atoms. The highest BCUT2D eigenvalue weighted by Crippen LogP contribution is 2.38. The lowest BCUT2D eigenvalue weighted by molar-refractivity contribution is -0.134. The van der Waals surface area contributed by atoms with Crippen molar-refractivity contribution >= 4 is 23.6 Å². The number of halogens is 1. The average molecular weight is 360 g/mol. The first-order chi connectivity index (χ1) is 12.5. The van der Waals surface area contributed by atoms with Gasteiger partial charge in [0.25, 0.3) is 11.8 Å². The van der Waals surface area contributed by atoms with Crippen LogP contribution in [-0.4, -0.2) is 43.3 Å². The number of carbonyl (C=O) groups excluding carboxylic acids is 4. The second kappa shape index (κ2) is 6.26. The van der Waals surface area contributed by atoms with E-state index in [4.69, 9.17) is 0 Å². The van der Waals surface area contributed by atoms with Gasteiger partial charge in [-0.2, -0.15) is 0 Å². The van der Waals surface area contributed by atoms with Crippen LogP contribution in [0.1, 0.15) is 56.6 Å². The number of amides is 4. The van der Waals surface area contributed by atoms with Crippen LogP contribution in [0.5, 0.6) is 0 Å². The van der Waals surface area contributed by atoms with E-state index in [0.717, 1.165) is 12.6 Å². The molecular formula is C17H17FN4O4. The normalized spacial score (nSPS) is 25.7. The minimum atomic E-state index is -0.868. The number of piperidine rings is 1. The van der Waals surface area contributed by atoms with Crippen molar-refractivity contribution in [2.75, 3.05) is 19.6 Å². The zero-order valence-electron chi connectivity index (χ0n) is 13.8. The number of piperazine rings is 1. The second-order valence-corrected chi connectivity index (χ2v) is 6.61. The number of hydrogen-bond donors (Lipinski definition) is 4. The molecule has 0 aliphatic carbocycles. The first kappa shape index (κ1) is 16.8. The summed E-state index contributed by atoms with van der Waals surface area (Å²) in [6, 6.07) is 0.606. The Morgan fingerprint density at radius 3 is 2.50 bits per heavy atom. The molecule has 136 valence electrons. The third-order valence-corrected chi connectivity index (χ3v) is 5.03. The molecule has 8 nitrogen and oxygen atoms in total. The van der Waals surface area contributed by atoms with Gasteiger partial charge in [-0.25, -0.2) is 4.39 Å². The maximum Gasteiger partial charge on any atom is 0.259 e. The lowest BCUT2D eigenvalue weighted by atomic mass is 9.80. The Bertz CT molecular complexity index is 848. The summed E-state index contributed by atoms with van der Waals surface area (Å²) in [6.45, 7) is 1.74. The highest BCUT2D eigenvalue weighted by atomic mass is 19.1. The van der Waals surface area contributed by atoms with E-state index in [1.54, 1.807) is 0 Å². The Morgan fingerprint density at radius 2 is 1.81 bits per heavy atom. The second-order valence-electron chi connectivity index (χ2n) is 6.61. The number of nitrogens with one attached hydrogen (secondary N) is 4. The van der Waals surface area contributed by atoms with E-state index in [2.05, 4.69) is 21.3 Å². The summed E-state index contributed by atoms with van der Waals surface area (Å²) in [7, 11) is 0. The molecule has 0 spiro atoms. The molecule has 4 rings (SSSR count). The molecule has 4 amide bonds. The van der Waals surface area contributed by atoms with Crippen LogP contribution in [0.3, 0.4) is 0 Å². The van der Waals surface area contributed by atoms with Crippen LogP contribution in [0, 0.1) is 5.82 Å². The Kier molecular flexibility index (Phi) is 4.04. The summed E-state index contributed by atoms with van der Waals surface area (Å²) in [5, 5.41) is 10.7. The van der Waals surface area contributed by atoms with Gasteiger partial charge in [-0.1, -0.05) is 0 Å². The van der Waals surface area contributed by atoms with Gasteiger partial charge in [-0.05, 0) is 18.1 Å². The Balaban J connectivity index is 1.92. The lowest BCUT2D eigenvalue weighted by Crippen LogP contribution is -2.45. The first-order valence-electron chi connectivity index (χ1n) is 8.47. The van der Waals surface area contributed by atoms with Crippen molar-refractivity contribution in [3.05, 3.63) is 34.1 Å². The molecule has 26 heavy (non-hydrogen) atoms. The van der Waals surface area contributed by atoms with Gasteiger partial charge < -0.3 is 10.6 Å². The quantitative estimate of drug-likeness (QED) is 0.527. The first-order valence-corrected chi connectivity index (χ1v) is 8.47. The summed E-state index contributed by atoms with van der Waals surface area (Å²) in [6.07, 6.45) is 0.252. The molecule has 3 aliphatic heterocycles. The zero-order valence-corrected chi connectivity index (χ0v) is 13.8. The molecule has 0 aromatic heterocycles. The van der Waals surface area contributed by atoms with Gasteiger partial charge in [0, 0.05) is 37.7 Å². The minimum absolute atomic E-state index is 0.0354. The molecule has 9 heteroatoms. The van der Waals surface area contributed by atoms with E-state index >= 15 is 0 Å². The van der Waals surface area contributed by atoms with Gasteiger partial charge >= 0.3 is 0 Å². The molecule has 0 saturated carbocycles. The molecule has 1 aromatic rings. The van der Waals surface area contributed by atoms with Gasteiger partial charge in [0.1, 0.15) is 5.82 Å². The van der Waals surface area contributed by atoms with Crippen LogP contribution in [0.2, 0.25) is 0 Å². The number of hydrogen-bond acceptors (Lipinski definition) is 6. The van der Waals surface area contributed by atoms with Crippen LogP contribution in [-0.2, 0) is 9.59 Å². The predicted molar refractivity (Wildman–Crippen MR) is 86.9 cm³/mol. The van der Waals surface area contributed by atoms with E-state index in [1.807, 2.05) is 0 Å². The standard InChI is InChI=1S/C17H17FN4O4/c18-9-5-8-13(17(26)22-16(8)25)12(7-1-2-11(23)21-15(7)24)14(9)10-6-19-3-4-20-10/h5,7,10,19-20H,1-4,6H2,(H,21,23,24)(H,22,25,26). The van der Waals surface area contributed by atoms with Crippen LogP contribution < -0.4 is 21.3 Å². The van der Waals surface area contributed by atoms with Crippen LogP contribution in [0.4, 0.5) is 4.39 Å². The van der Waals surface area contributed by atoms with Crippen molar-refractivity contribution in [3.8, 4) is 0 Å². The molecule has 2 saturated heterocycles. The number of imide groups is 2. The zero-order chi connectivity index (χ0) is 18.4. The van der Waals surface area contributed by atoms with Crippen molar-refractivity contribution < 1.29 is 23.6 Å². The maximum atomic E-state index is 15.0. The van der Waals surface area contributed by atoms with Crippen LogP contribution in [0.25, 0.3) is 0 Å². The van der Waals surface area contributed by atoms with E-state index < -0.39 is 41.4 Å². The number of rotatable bonds is 2. The Hall–Kier alpha value is -2.65. The van der Waals surface area contributed by atoms with E-state index in [9.17, 15) is 23.6 Å². The topological polar surface area (TPSA) is 116 Å². The van der Waals surface area contributed by atoms with E-state index in [-0.39, 0.29) is 35.1 Å². The molecular weight excluding hydrogens is 343 g/mol. The Labute approximate surface area is 147 Å². The third kappa shape index (κ3) is 2.60. The molecule has 4 N–H and O–H groups in total. The summed E-state index contributed by atoms with van der Waals surface area (Å²) in [5.74, 6) is -3.82. The summed E-state index contributed by atoms with van der Waals surface area (Å²) >= 11 is 0. The smallest absolute Gasteiger partial charge is 0.259 e. The fourth-order valence-corrected chi connectivity index (χ4v) is 3.88. The molecule has 2 fully saturated rings. The monoisotopic (exact) mass is 360 g/mol. The van der Waals surface area contributed by atoms with Crippen molar-refractivity contribution in [3.63, 3.8) is 0 Å². The van der Waals surface area contributed by atoms with Crippen molar-refractivity contribution in [2.24, 2.45) is 0 Å². The van der Waals surface area contributed by atoms with Crippen molar-refractivity contribution in [1.29, 1.82) is 0 Å². The fraction of sp³-hybridized carbons (Fsp3) is 0.412. The highest BCUT2D eigenvalue weighted by Gasteiger charge is 2.41. The lowest BCUT2D eigenvalue weighted by Gasteiger charge is -2.31. The summed E-state index contributed by atoms with van der Waals surface area (Å²) < 4.78 is 15.0. The summed E-state index contributed by atoms with van der Waals surface area (Å²) in [4.78, 5) is 48.3. The van der Waals surface area contributed by atoms with Gasteiger partial charge in [0.15, 0.2) is 0 Å². The molecule has 2 unspecified atom stereocenters. The van der Waals surface area contributed by atoms with Gasteiger partial charge in [0.2, 0.25) is 11.8 Å². The van der Waals surface area contributed by atoms with Gasteiger partial charge in [0.05, 0.1) is 17.0 Å². The largest absolute Gasteiger partial charge is 0.314 e. The number of fused-ring (bicyclic) bond motifs is 1. The molecule has 3 heterocycles. The van der Waals surface area contributed by atoms with Gasteiger partial charge in [-0.3, -0.25) is 29.8 Å². The molecule has 2 atom stereocenters. The highest BCUT2D eigenvalue weighted by molar-refractivity contribution is 6.23. The SMILES string of the molecule is O=C1CCC(c2c3c(cc(F)c2C2CNCCN2)C(=O)NC3=O)C(=O)N1. The van der Waals surface area contributed by atoms with Crippen LogP contribution in [0.15, 0.2) is 6.07 Å². The Morgan fingerprint density at radius 1 is 1.00 bits per heavy atom.